The van der Waals surface area contributed by atoms with E-state index in [0.29, 0.717) is 0 Å². The molecule has 0 aliphatic carbocycles. The molecular weight excluding hydrogens is 358 g/mol. The molecule has 3 heterocycles. The van der Waals surface area contributed by atoms with Crippen LogP contribution in [0.15, 0.2) is 42.7 Å². The summed E-state index contributed by atoms with van der Waals surface area (Å²) in [6.45, 7) is 7.01. The number of aryl methyl sites for hydroxylation is 1. The highest BCUT2D eigenvalue weighted by molar-refractivity contribution is 7.14. The summed E-state index contributed by atoms with van der Waals surface area (Å²) >= 11 is 1.59. The highest BCUT2D eigenvalue weighted by atomic mass is 32.1. The minimum atomic E-state index is 0.844. The van der Waals surface area contributed by atoms with E-state index in [9.17, 15) is 0 Å². The van der Waals surface area contributed by atoms with E-state index >= 15 is 0 Å². The van der Waals surface area contributed by atoms with Gasteiger partial charge in [-0.25, -0.2) is 0 Å². The van der Waals surface area contributed by atoms with Crippen molar-refractivity contribution in [3.8, 4) is 16.3 Å². The van der Waals surface area contributed by atoms with Crippen LogP contribution in [0.4, 0.5) is 5.69 Å². The van der Waals surface area contributed by atoms with Gasteiger partial charge in [0.05, 0.1) is 24.6 Å². The summed E-state index contributed by atoms with van der Waals surface area (Å²) in [5, 5.41) is 10.3. The van der Waals surface area contributed by atoms with Crippen molar-refractivity contribution in [2.45, 2.75) is 13.5 Å². The molecule has 0 amide bonds. The second-order valence-electron chi connectivity index (χ2n) is 6.64. The maximum absolute atomic E-state index is 5.53. The van der Waals surface area contributed by atoms with Crippen LogP contribution in [0, 0.1) is 6.92 Å². The van der Waals surface area contributed by atoms with Crippen LogP contribution in [0.3, 0.4) is 0 Å². The molecule has 0 bridgehead atoms. The first-order valence-corrected chi connectivity index (χ1v) is 9.89. The van der Waals surface area contributed by atoms with Gasteiger partial charge in [0.15, 0.2) is 5.01 Å². The molecule has 6 nitrogen and oxygen atoms in total. The molecular formula is C20H23N5OS. The largest absolute Gasteiger partial charge is 0.496 e. The van der Waals surface area contributed by atoms with E-state index in [1.807, 2.05) is 31.5 Å². The van der Waals surface area contributed by atoms with Crippen LogP contribution in [0.5, 0.6) is 5.75 Å². The molecule has 1 saturated heterocycles. The van der Waals surface area contributed by atoms with Crippen LogP contribution >= 0.6 is 11.3 Å². The summed E-state index contributed by atoms with van der Waals surface area (Å²) in [6.07, 6.45) is 3.76. The Morgan fingerprint density at radius 1 is 1.11 bits per heavy atom. The fourth-order valence-corrected chi connectivity index (χ4v) is 4.10. The molecule has 0 N–H and O–H groups in total. The predicted molar refractivity (Wildman–Crippen MR) is 108 cm³/mol. The number of pyridine rings is 1. The molecule has 1 aromatic carbocycles. The average molecular weight is 382 g/mol. The molecule has 2 aromatic heterocycles. The van der Waals surface area contributed by atoms with Gasteiger partial charge in [-0.3, -0.25) is 9.88 Å². The minimum Gasteiger partial charge on any atom is -0.496 e. The lowest BCUT2D eigenvalue weighted by Gasteiger charge is -2.36. The van der Waals surface area contributed by atoms with Crippen LogP contribution in [0.1, 0.15) is 10.6 Å². The number of benzene rings is 1. The highest BCUT2D eigenvalue weighted by Gasteiger charge is 2.18. The first kappa shape index (κ1) is 17.9. The van der Waals surface area contributed by atoms with E-state index < -0.39 is 0 Å². The Labute approximate surface area is 163 Å². The van der Waals surface area contributed by atoms with Gasteiger partial charge in [0.2, 0.25) is 0 Å². The van der Waals surface area contributed by atoms with Gasteiger partial charge in [0.25, 0.3) is 0 Å². The van der Waals surface area contributed by atoms with E-state index in [2.05, 4.69) is 43.2 Å². The molecule has 1 aliphatic rings. The summed E-state index contributed by atoms with van der Waals surface area (Å²) in [5.74, 6) is 0.844. The zero-order valence-corrected chi connectivity index (χ0v) is 16.4. The fourth-order valence-electron chi connectivity index (χ4n) is 3.39. The molecule has 3 aromatic rings. The summed E-state index contributed by atoms with van der Waals surface area (Å²) in [6, 6.07) is 10.5. The Balaban J connectivity index is 1.44. The Morgan fingerprint density at radius 2 is 1.96 bits per heavy atom. The van der Waals surface area contributed by atoms with Gasteiger partial charge < -0.3 is 9.64 Å². The van der Waals surface area contributed by atoms with Crippen LogP contribution in [-0.2, 0) is 6.54 Å². The van der Waals surface area contributed by atoms with E-state index in [-0.39, 0.29) is 0 Å². The maximum Gasteiger partial charge on any atom is 0.151 e. The summed E-state index contributed by atoms with van der Waals surface area (Å²) in [5.41, 5.74) is 3.50. The maximum atomic E-state index is 5.53. The molecule has 1 fully saturated rings. The lowest BCUT2D eigenvalue weighted by atomic mass is 10.1. The van der Waals surface area contributed by atoms with Crippen molar-refractivity contribution in [1.82, 2.24) is 20.1 Å². The van der Waals surface area contributed by atoms with E-state index in [4.69, 9.17) is 4.74 Å². The van der Waals surface area contributed by atoms with E-state index in [1.54, 1.807) is 18.4 Å². The number of hydrogen-bond donors (Lipinski definition) is 0. The van der Waals surface area contributed by atoms with E-state index in [0.717, 1.165) is 54.1 Å². The highest BCUT2D eigenvalue weighted by Crippen LogP contribution is 2.33. The number of nitrogens with zero attached hydrogens (tertiary/aromatic N) is 5. The zero-order chi connectivity index (χ0) is 18.6. The topological polar surface area (TPSA) is 54.4 Å². The third kappa shape index (κ3) is 4.09. The quantitative estimate of drug-likeness (QED) is 0.676. The standard InChI is InChI=1S/C20H23N5OS/c1-15-22-23-20(27-15)18-12-16(5-6-19(18)26-2)14-24-8-10-25(11-9-24)17-4-3-7-21-13-17/h3-7,12-13H,8-11,14H2,1-2H3. The van der Waals surface area contributed by atoms with Gasteiger partial charge in [-0.05, 0) is 36.8 Å². The third-order valence-corrected chi connectivity index (χ3v) is 5.68. The number of anilines is 1. The van der Waals surface area contributed by atoms with Crippen molar-refractivity contribution in [3.63, 3.8) is 0 Å². The number of rotatable bonds is 5. The molecule has 27 heavy (non-hydrogen) atoms. The predicted octanol–water partition coefficient (Wildman–Crippen LogP) is 3.24. The van der Waals surface area contributed by atoms with Crippen molar-refractivity contribution >= 4 is 17.0 Å². The molecule has 0 unspecified atom stereocenters. The van der Waals surface area contributed by atoms with Crippen LogP contribution in [0.25, 0.3) is 10.6 Å². The van der Waals surface area contributed by atoms with Crippen molar-refractivity contribution in [1.29, 1.82) is 0 Å². The van der Waals surface area contributed by atoms with Gasteiger partial charge in [0.1, 0.15) is 10.8 Å². The molecule has 0 atom stereocenters. The Hall–Kier alpha value is -2.51. The lowest BCUT2D eigenvalue weighted by Crippen LogP contribution is -2.46. The molecule has 140 valence electrons. The van der Waals surface area contributed by atoms with Gasteiger partial charge in [-0.1, -0.05) is 17.4 Å². The van der Waals surface area contributed by atoms with Crippen molar-refractivity contribution < 1.29 is 4.74 Å². The summed E-state index contributed by atoms with van der Waals surface area (Å²) in [7, 11) is 1.70. The number of piperazine rings is 1. The first-order chi connectivity index (χ1) is 13.2. The first-order valence-electron chi connectivity index (χ1n) is 9.07. The van der Waals surface area contributed by atoms with Gasteiger partial charge in [0, 0.05) is 38.9 Å². The monoisotopic (exact) mass is 381 g/mol. The number of hydrogen-bond acceptors (Lipinski definition) is 7. The summed E-state index contributed by atoms with van der Waals surface area (Å²) in [4.78, 5) is 9.11. The van der Waals surface area contributed by atoms with Crippen LogP contribution in [-0.4, -0.2) is 53.4 Å². The van der Waals surface area contributed by atoms with Gasteiger partial charge in [-0.2, -0.15) is 0 Å². The smallest absolute Gasteiger partial charge is 0.151 e. The molecule has 0 saturated carbocycles. The Kier molecular flexibility index (Phi) is 5.31. The second kappa shape index (κ2) is 8.02. The van der Waals surface area contributed by atoms with Crippen molar-refractivity contribution in [2.24, 2.45) is 0 Å². The number of aromatic nitrogens is 3. The zero-order valence-electron chi connectivity index (χ0n) is 15.6. The second-order valence-corrected chi connectivity index (χ2v) is 7.82. The molecule has 0 radical (unpaired) electrons. The molecule has 7 heteroatoms. The Morgan fingerprint density at radius 3 is 2.63 bits per heavy atom. The fraction of sp³-hybridized carbons (Fsp3) is 0.350. The third-order valence-electron chi connectivity index (χ3n) is 4.81. The van der Waals surface area contributed by atoms with Crippen molar-refractivity contribution in [2.75, 3.05) is 38.2 Å². The van der Waals surface area contributed by atoms with E-state index in [1.165, 1.54) is 11.3 Å². The normalized spacial score (nSPS) is 15.1. The number of ether oxygens (including phenoxy) is 1. The minimum absolute atomic E-state index is 0.844. The lowest BCUT2D eigenvalue weighted by molar-refractivity contribution is 0.250. The SMILES string of the molecule is COc1ccc(CN2CCN(c3cccnc3)CC2)cc1-c1nnc(C)s1. The van der Waals surface area contributed by atoms with Crippen LogP contribution in [0.2, 0.25) is 0 Å². The van der Waals surface area contributed by atoms with Crippen molar-refractivity contribution in [3.05, 3.63) is 53.3 Å². The van der Waals surface area contributed by atoms with Crippen LogP contribution < -0.4 is 9.64 Å². The number of methoxy groups -OCH3 is 1. The Bertz CT molecular complexity index is 890. The molecule has 4 rings (SSSR count). The van der Waals surface area contributed by atoms with Gasteiger partial charge in [-0.15, -0.1) is 10.2 Å². The summed E-state index contributed by atoms with van der Waals surface area (Å²) < 4.78 is 5.53. The molecule has 1 aliphatic heterocycles. The molecule has 0 spiro atoms. The average Bonchev–Trinajstić information content (AvgIpc) is 3.15. The van der Waals surface area contributed by atoms with Gasteiger partial charge >= 0.3 is 0 Å².